The zero-order valence-corrected chi connectivity index (χ0v) is 18.6. The van der Waals surface area contributed by atoms with Gasteiger partial charge in [-0.2, -0.15) is 0 Å². The minimum atomic E-state index is -3.59. The lowest BCUT2D eigenvalue weighted by molar-refractivity contribution is 0.0907. The fraction of sp³-hybridized carbons (Fsp3) is 0.458. The highest BCUT2D eigenvalue weighted by Crippen LogP contribution is 2.28. The molecule has 2 aliphatic rings. The zero-order valence-electron chi connectivity index (χ0n) is 17.8. The summed E-state index contributed by atoms with van der Waals surface area (Å²) in [6.45, 7) is 2.93. The normalized spacial score (nSPS) is 19.8. The predicted molar refractivity (Wildman–Crippen MR) is 121 cm³/mol. The zero-order chi connectivity index (χ0) is 21.7. The van der Waals surface area contributed by atoms with Gasteiger partial charge in [0, 0.05) is 31.2 Å². The van der Waals surface area contributed by atoms with Crippen LogP contribution >= 0.6 is 0 Å². The molecule has 0 bridgehead atoms. The molecule has 6 nitrogen and oxygen atoms in total. The van der Waals surface area contributed by atoms with E-state index in [4.69, 9.17) is 0 Å². The van der Waals surface area contributed by atoms with Crippen LogP contribution in [0.3, 0.4) is 0 Å². The quantitative estimate of drug-likeness (QED) is 0.627. The van der Waals surface area contributed by atoms with Crippen molar-refractivity contribution in [2.45, 2.75) is 49.6 Å². The second kappa shape index (κ2) is 9.94. The van der Waals surface area contributed by atoms with Gasteiger partial charge in [0.25, 0.3) is 5.91 Å². The van der Waals surface area contributed by atoms with Crippen LogP contribution in [0.5, 0.6) is 0 Å². The third-order valence-electron chi connectivity index (χ3n) is 6.14. The highest BCUT2D eigenvalue weighted by atomic mass is 32.2. The Balaban J connectivity index is 1.36. The SMILES string of the molecule is O=C(NCC1CCCCN1Cc1ccccc1)c1cccc(S(=O)(=O)NCC2CC2)c1. The second-order valence-corrected chi connectivity index (χ2v) is 10.4. The first kappa shape index (κ1) is 22.0. The minimum absolute atomic E-state index is 0.143. The van der Waals surface area contributed by atoms with Crippen molar-refractivity contribution in [1.29, 1.82) is 0 Å². The van der Waals surface area contributed by atoms with Crippen molar-refractivity contribution in [2.75, 3.05) is 19.6 Å². The summed E-state index contributed by atoms with van der Waals surface area (Å²) in [6.07, 6.45) is 5.53. The van der Waals surface area contributed by atoms with E-state index >= 15 is 0 Å². The van der Waals surface area contributed by atoms with E-state index in [2.05, 4.69) is 39.2 Å². The maximum atomic E-state index is 12.8. The van der Waals surface area contributed by atoms with Gasteiger partial charge in [0.05, 0.1) is 4.90 Å². The van der Waals surface area contributed by atoms with Crippen LogP contribution in [0.1, 0.15) is 48.0 Å². The average Bonchev–Trinajstić information content (AvgIpc) is 3.62. The number of benzene rings is 2. The summed E-state index contributed by atoms with van der Waals surface area (Å²) in [5.41, 5.74) is 1.65. The standard InChI is InChI=1S/C24H31N3O3S/c28-24(21-9-6-11-23(15-21)31(29,30)26-16-19-12-13-19)25-17-22-10-4-5-14-27(22)18-20-7-2-1-3-8-20/h1-3,6-9,11,15,19,22,26H,4-5,10,12-14,16-18H2,(H,25,28). The number of piperidine rings is 1. The molecule has 1 unspecified atom stereocenters. The molecule has 1 aliphatic heterocycles. The Morgan fingerprint density at radius 2 is 1.77 bits per heavy atom. The van der Waals surface area contributed by atoms with E-state index in [1.165, 1.54) is 24.1 Å². The molecule has 1 atom stereocenters. The van der Waals surface area contributed by atoms with Gasteiger partial charge >= 0.3 is 0 Å². The van der Waals surface area contributed by atoms with Gasteiger partial charge in [-0.05, 0) is 61.9 Å². The number of carbonyl (C=O) groups excluding carboxylic acids is 1. The molecular weight excluding hydrogens is 410 g/mol. The summed E-state index contributed by atoms with van der Waals surface area (Å²) >= 11 is 0. The number of hydrogen-bond donors (Lipinski definition) is 2. The maximum absolute atomic E-state index is 12.8. The van der Waals surface area contributed by atoms with Crippen LogP contribution in [0.2, 0.25) is 0 Å². The van der Waals surface area contributed by atoms with Crippen molar-refractivity contribution in [3.63, 3.8) is 0 Å². The van der Waals surface area contributed by atoms with E-state index in [1.54, 1.807) is 12.1 Å². The van der Waals surface area contributed by atoms with Gasteiger partial charge in [-0.15, -0.1) is 0 Å². The largest absolute Gasteiger partial charge is 0.350 e. The Kier molecular flexibility index (Phi) is 7.05. The molecule has 2 aromatic rings. The van der Waals surface area contributed by atoms with E-state index in [9.17, 15) is 13.2 Å². The Hall–Kier alpha value is -2.22. The molecule has 166 valence electrons. The first-order valence-corrected chi connectivity index (χ1v) is 12.7. The van der Waals surface area contributed by atoms with Gasteiger partial charge in [0.2, 0.25) is 10.0 Å². The van der Waals surface area contributed by atoms with Crippen LogP contribution in [-0.4, -0.2) is 44.9 Å². The van der Waals surface area contributed by atoms with Gasteiger partial charge in [-0.3, -0.25) is 9.69 Å². The molecule has 4 rings (SSSR count). The molecule has 7 heteroatoms. The molecule has 2 aromatic carbocycles. The van der Waals surface area contributed by atoms with E-state index in [-0.39, 0.29) is 16.8 Å². The second-order valence-electron chi connectivity index (χ2n) is 8.64. The first-order chi connectivity index (χ1) is 15.0. The number of amides is 1. The van der Waals surface area contributed by atoms with Gasteiger partial charge in [0.15, 0.2) is 0 Å². The minimum Gasteiger partial charge on any atom is -0.350 e. The summed E-state index contributed by atoms with van der Waals surface area (Å²) in [7, 11) is -3.59. The topological polar surface area (TPSA) is 78.5 Å². The number of nitrogens with zero attached hydrogens (tertiary/aromatic N) is 1. The fourth-order valence-corrected chi connectivity index (χ4v) is 5.23. The van der Waals surface area contributed by atoms with E-state index < -0.39 is 10.0 Å². The Labute approximate surface area is 185 Å². The maximum Gasteiger partial charge on any atom is 0.251 e. The number of rotatable bonds is 9. The van der Waals surface area contributed by atoms with E-state index in [1.807, 2.05) is 6.07 Å². The Morgan fingerprint density at radius 3 is 2.55 bits per heavy atom. The summed E-state index contributed by atoms with van der Waals surface area (Å²) in [4.78, 5) is 15.3. The first-order valence-electron chi connectivity index (χ1n) is 11.2. The molecule has 2 N–H and O–H groups in total. The molecule has 2 fully saturated rings. The molecule has 0 radical (unpaired) electrons. The molecule has 1 heterocycles. The van der Waals surface area contributed by atoms with Crippen molar-refractivity contribution in [2.24, 2.45) is 5.92 Å². The fourth-order valence-electron chi connectivity index (χ4n) is 4.07. The van der Waals surface area contributed by atoms with Crippen LogP contribution in [0.15, 0.2) is 59.5 Å². The van der Waals surface area contributed by atoms with Crippen molar-refractivity contribution >= 4 is 15.9 Å². The molecular formula is C24H31N3O3S. The summed E-state index contributed by atoms with van der Waals surface area (Å²) in [5, 5.41) is 3.03. The van der Waals surface area contributed by atoms with Crippen LogP contribution in [-0.2, 0) is 16.6 Å². The van der Waals surface area contributed by atoms with Crippen molar-refractivity contribution in [3.05, 3.63) is 65.7 Å². The van der Waals surface area contributed by atoms with Crippen molar-refractivity contribution in [1.82, 2.24) is 14.9 Å². The predicted octanol–water partition coefficient (Wildman–Crippen LogP) is 3.16. The number of nitrogens with one attached hydrogen (secondary N) is 2. The lowest BCUT2D eigenvalue weighted by atomic mass is 10.0. The van der Waals surface area contributed by atoms with Gasteiger partial charge in [0.1, 0.15) is 0 Å². The lowest BCUT2D eigenvalue weighted by Crippen LogP contribution is -2.46. The molecule has 1 amide bonds. The van der Waals surface area contributed by atoms with Crippen LogP contribution in [0, 0.1) is 5.92 Å². The summed E-state index contributed by atoms with van der Waals surface area (Å²) in [5.74, 6) is 0.222. The number of sulfonamides is 1. The third-order valence-corrected chi connectivity index (χ3v) is 7.56. The van der Waals surface area contributed by atoms with Crippen molar-refractivity contribution in [3.8, 4) is 0 Å². The van der Waals surface area contributed by atoms with Gasteiger partial charge in [-0.25, -0.2) is 13.1 Å². The number of carbonyl (C=O) groups is 1. The lowest BCUT2D eigenvalue weighted by Gasteiger charge is -2.36. The molecule has 1 saturated carbocycles. The molecule has 1 aliphatic carbocycles. The molecule has 31 heavy (non-hydrogen) atoms. The number of likely N-dealkylation sites (tertiary alicyclic amines) is 1. The molecule has 0 aromatic heterocycles. The van der Waals surface area contributed by atoms with Crippen LogP contribution in [0.4, 0.5) is 0 Å². The van der Waals surface area contributed by atoms with Gasteiger partial charge < -0.3 is 5.32 Å². The van der Waals surface area contributed by atoms with E-state index in [0.29, 0.717) is 24.6 Å². The third kappa shape index (κ3) is 6.15. The van der Waals surface area contributed by atoms with Gasteiger partial charge in [-0.1, -0.05) is 42.8 Å². The molecule has 1 saturated heterocycles. The highest BCUT2D eigenvalue weighted by molar-refractivity contribution is 7.89. The van der Waals surface area contributed by atoms with Crippen LogP contribution in [0.25, 0.3) is 0 Å². The van der Waals surface area contributed by atoms with Crippen LogP contribution < -0.4 is 10.0 Å². The van der Waals surface area contributed by atoms with E-state index in [0.717, 1.165) is 38.8 Å². The Bertz CT molecular complexity index is 990. The summed E-state index contributed by atoms with van der Waals surface area (Å²) < 4.78 is 27.7. The molecule has 0 spiro atoms. The monoisotopic (exact) mass is 441 g/mol. The smallest absolute Gasteiger partial charge is 0.251 e. The highest BCUT2D eigenvalue weighted by Gasteiger charge is 2.25. The summed E-state index contributed by atoms with van der Waals surface area (Å²) in [6, 6.07) is 17.0. The van der Waals surface area contributed by atoms with Crippen molar-refractivity contribution < 1.29 is 13.2 Å². The Morgan fingerprint density at radius 1 is 0.968 bits per heavy atom. The average molecular weight is 442 g/mol. The number of hydrogen-bond acceptors (Lipinski definition) is 4.